The van der Waals surface area contributed by atoms with E-state index >= 15 is 0 Å². The molecular formula is C22H25FN4OS. The maximum absolute atomic E-state index is 13.1. The van der Waals surface area contributed by atoms with Crippen molar-refractivity contribution in [1.29, 1.82) is 0 Å². The molecule has 3 rings (SSSR count). The number of amides is 1. The summed E-state index contributed by atoms with van der Waals surface area (Å²) in [6.07, 6.45) is 0.699. The highest BCUT2D eigenvalue weighted by atomic mass is 32.2. The van der Waals surface area contributed by atoms with Crippen molar-refractivity contribution in [3.8, 4) is 0 Å². The Hall–Kier alpha value is -2.67. The number of nitrogens with zero attached hydrogens (tertiary/aromatic N) is 3. The van der Waals surface area contributed by atoms with Crippen molar-refractivity contribution >= 4 is 17.7 Å². The number of benzene rings is 2. The maximum atomic E-state index is 13.1. The Bertz CT molecular complexity index is 943. The van der Waals surface area contributed by atoms with Gasteiger partial charge in [-0.2, -0.15) is 0 Å². The lowest BCUT2D eigenvalue weighted by atomic mass is 10.1. The summed E-state index contributed by atoms with van der Waals surface area (Å²) in [5, 5.41) is 12.0. The molecule has 1 N–H and O–H groups in total. The Labute approximate surface area is 174 Å². The van der Waals surface area contributed by atoms with Gasteiger partial charge in [-0.3, -0.25) is 4.79 Å². The Kier molecular flexibility index (Phi) is 7.04. The van der Waals surface area contributed by atoms with E-state index in [2.05, 4.69) is 27.6 Å². The number of rotatable bonds is 8. The van der Waals surface area contributed by atoms with Crippen molar-refractivity contribution in [1.82, 2.24) is 20.1 Å². The average Bonchev–Trinajstić information content (AvgIpc) is 3.10. The molecule has 0 saturated heterocycles. The molecule has 2 atom stereocenters. The van der Waals surface area contributed by atoms with Gasteiger partial charge in [-0.1, -0.05) is 54.2 Å². The van der Waals surface area contributed by atoms with Crippen LogP contribution >= 0.6 is 11.8 Å². The van der Waals surface area contributed by atoms with Gasteiger partial charge in [-0.15, -0.1) is 10.2 Å². The molecule has 0 saturated carbocycles. The molecule has 5 nitrogen and oxygen atoms in total. The fourth-order valence-corrected chi connectivity index (χ4v) is 3.95. The molecule has 1 aromatic heterocycles. The van der Waals surface area contributed by atoms with E-state index in [9.17, 15) is 9.18 Å². The predicted molar refractivity (Wildman–Crippen MR) is 113 cm³/mol. The van der Waals surface area contributed by atoms with Crippen molar-refractivity contribution < 1.29 is 9.18 Å². The van der Waals surface area contributed by atoms with Gasteiger partial charge in [0.25, 0.3) is 0 Å². The summed E-state index contributed by atoms with van der Waals surface area (Å²) in [6, 6.07) is 16.1. The van der Waals surface area contributed by atoms with E-state index in [1.165, 1.54) is 29.5 Å². The normalized spacial score (nSPS) is 13.1. The van der Waals surface area contributed by atoms with E-state index in [1.54, 1.807) is 12.1 Å². The molecule has 0 aliphatic carbocycles. The molecule has 0 unspecified atom stereocenters. The van der Waals surface area contributed by atoms with Crippen LogP contribution in [-0.2, 0) is 17.8 Å². The first-order valence-corrected chi connectivity index (χ1v) is 10.5. The lowest BCUT2D eigenvalue weighted by molar-refractivity contribution is -0.120. The lowest BCUT2D eigenvalue weighted by Gasteiger charge is -2.18. The van der Waals surface area contributed by atoms with Gasteiger partial charge in [0.2, 0.25) is 5.91 Å². The molecule has 0 aliphatic heterocycles. The van der Waals surface area contributed by atoms with E-state index in [0.717, 1.165) is 23.1 Å². The van der Waals surface area contributed by atoms with E-state index < -0.39 is 0 Å². The fourth-order valence-electron chi connectivity index (χ4n) is 3.01. The summed E-state index contributed by atoms with van der Waals surface area (Å²) in [6.45, 7) is 6.51. The van der Waals surface area contributed by atoms with Gasteiger partial charge in [0, 0.05) is 13.0 Å². The van der Waals surface area contributed by atoms with Crippen LogP contribution in [0.3, 0.4) is 0 Å². The second-order valence-corrected chi connectivity index (χ2v) is 8.16. The molecule has 0 fully saturated rings. The van der Waals surface area contributed by atoms with Crippen molar-refractivity contribution in [3.05, 3.63) is 77.4 Å². The zero-order valence-electron chi connectivity index (χ0n) is 16.8. The summed E-state index contributed by atoms with van der Waals surface area (Å²) < 4.78 is 15.1. The Morgan fingerprint density at radius 1 is 1.10 bits per heavy atom. The van der Waals surface area contributed by atoms with Crippen LogP contribution in [0.4, 0.5) is 4.39 Å². The second kappa shape index (κ2) is 9.69. The summed E-state index contributed by atoms with van der Waals surface area (Å²) in [7, 11) is 0. The summed E-state index contributed by atoms with van der Waals surface area (Å²) in [5.41, 5.74) is 2.03. The van der Waals surface area contributed by atoms with Crippen molar-refractivity contribution in [3.63, 3.8) is 0 Å². The topological polar surface area (TPSA) is 59.8 Å². The number of halogens is 1. The molecule has 0 radical (unpaired) electrons. The minimum absolute atomic E-state index is 0.0953. The number of carbonyl (C=O) groups is 1. The Morgan fingerprint density at radius 3 is 2.45 bits per heavy atom. The van der Waals surface area contributed by atoms with Gasteiger partial charge in [0.05, 0.1) is 11.3 Å². The molecule has 2 aromatic carbocycles. The van der Waals surface area contributed by atoms with E-state index in [1.807, 2.05) is 43.5 Å². The lowest BCUT2D eigenvalue weighted by Crippen LogP contribution is -2.33. The van der Waals surface area contributed by atoms with Gasteiger partial charge in [0.15, 0.2) is 5.16 Å². The van der Waals surface area contributed by atoms with Gasteiger partial charge in [-0.05, 0) is 44.0 Å². The number of thioether (sulfide) groups is 1. The van der Waals surface area contributed by atoms with Crippen molar-refractivity contribution in [2.24, 2.45) is 0 Å². The van der Waals surface area contributed by atoms with E-state index in [-0.39, 0.29) is 23.0 Å². The number of nitrogens with one attached hydrogen (secondary N) is 1. The largest absolute Gasteiger partial charge is 0.349 e. The number of hydrogen-bond acceptors (Lipinski definition) is 4. The Morgan fingerprint density at radius 2 is 1.79 bits per heavy atom. The average molecular weight is 413 g/mol. The van der Waals surface area contributed by atoms with Crippen LogP contribution in [0.25, 0.3) is 0 Å². The van der Waals surface area contributed by atoms with Gasteiger partial charge in [0.1, 0.15) is 11.6 Å². The van der Waals surface area contributed by atoms with Crippen molar-refractivity contribution in [2.45, 2.75) is 50.2 Å². The molecule has 0 aliphatic rings. The highest BCUT2D eigenvalue weighted by molar-refractivity contribution is 8.00. The van der Waals surface area contributed by atoms with E-state index in [0.29, 0.717) is 6.42 Å². The summed E-state index contributed by atoms with van der Waals surface area (Å²) >= 11 is 1.39. The fraction of sp³-hybridized carbons (Fsp3) is 0.318. The Balaban J connectivity index is 1.64. The van der Waals surface area contributed by atoms with Crippen LogP contribution in [0, 0.1) is 5.82 Å². The molecule has 0 spiro atoms. The van der Waals surface area contributed by atoms with Crippen LogP contribution in [0.15, 0.2) is 59.8 Å². The molecule has 3 aromatic rings. The first kappa shape index (κ1) is 21.0. The summed E-state index contributed by atoms with van der Waals surface area (Å²) in [5.74, 6) is 0.497. The molecule has 7 heteroatoms. The molecule has 0 bridgehead atoms. The molecule has 1 amide bonds. The summed E-state index contributed by atoms with van der Waals surface area (Å²) in [4.78, 5) is 12.6. The minimum atomic E-state index is -0.336. The van der Waals surface area contributed by atoms with Crippen molar-refractivity contribution in [2.75, 3.05) is 0 Å². The van der Waals surface area contributed by atoms with E-state index in [4.69, 9.17) is 0 Å². The third kappa shape index (κ3) is 5.44. The number of hydrogen-bond donors (Lipinski definition) is 1. The first-order chi connectivity index (χ1) is 14.0. The van der Waals surface area contributed by atoms with Crippen LogP contribution in [0.5, 0.6) is 0 Å². The highest BCUT2D eigenvalue weighted by Crippen LogP contribution is 2.24. The van der Waals surface area contributed by atoms with Gasteiger partial charge in [-0.25, -0.2) is 4.39 Å². The second-order valence-electron chi connectivity index (χ2n) is 6.85. The highest BCUT2D eigenvalue weighted by Gasteiger charge is 2.21. The molecule has 1 heterocycles. The monoisotopic (exact) mass is 412 g/mol. The van der Waals surface area contributed by atoms with Crippen LogP contribution in [-0.4, -0.2) is 25.9 Å². The van der Waals surface area contributed by atoms with Gasteiger partial charge >= 0.3 is 0 Å². The minimum Gasteiger partial charge on any atom is -0.349 e. The smallest absolute Gasteiger partial charge is 0.233 e. The molecule has 29 heavy (non-hydrogen) atoms. The maximum Gasteiger partial charge on any atom is 0.233 e. The number of aromatic nitrogens is 3. The SMILES string of the molecule is CCn1c(Cc2ccccc2)nnc1S[C@H](C)C(=O)N[C@@H](C)c1ccc(F)cc1. The number of carbonyl (C=O) groups excluding carboxylic acids is 1. The molecular weight excluding hydrogens is 387 g/mol. The first-order valence-electron chi connectivity index (χ1n) is 9.66. The third-order valence-electron chi connectivity index (χ3n) is 4.69. The third-order valence-corrected chi connectivity index (χ3v) is 5.78. The van der Waals surface area contributed by atoms with Crippen LogP contribution < -0.4 is 5.32 Å². The van der Waals surface area contributed by atoms with Crippen LogP contribution in [0.1, 0.15) is 43.8 Å². The predicted octanol–water partition coefficient (Wildman–Crippen LogP) is 4.39. The van der Waals surface area contributed by atoms with Crippen LogP contribution in [0.2, 0.25) is 0 Å². The zero-order chi connectivity index (χ0) is 20.8. The van der Waals surface area contributed by atoms with Gasteiger partial charge < -0.3 is 9.88 Å². The quantitative estimate of drug-likeness (QED) is 0.558. The molecule has 152 valence electrons. The standard InChI is InChI=1S/C22H25FN4OS/c1-4-27-20(14-17-8-6-5-7-9-17)25-26-22(27)29-16(3)21(28)24-15(2)18-10-12-19(23)13-11-18/h5-13,15-16H,4,14H2,1-3H3,(H,24,28)/t15-,16+/m0/s1. The zero-order valence-corrected chi connectivity index (χ0v) is 17.6.